The monoisotopic (exact) mass is 366 g/mol. The van der Waals surface area contributed by atoms with Crippen molar-refractivity contribution in [2.24, 2.45) is 28.7 Å². The fraction of sp³-hybridized carbons (Fsp3) is 0.524. The summed E-state index contributed by atoms with van der Waals surface area (Å²) in [5.74, 6) is -0.0635. The summed E-state index contributed by atoms with van der Waals surface area (Å²) >= 11 is 0. The number of hydrogen-bond donors (Lipinski definition) is 0. The number of fused-ring (bicyclic) bond motifs is 3. The second kappa shape index (κ2) is 6.01. The van der Waals surface area contributed by atoms with Gasteiger partial charge in [0.25, 0.3) is 0 Å². The molecule has 0 amide bonds. The van der Waals surface area contributed by atoms with Crippen LogP contribution in [0.2, 0.25) is 0 Å². The highest BCUT2D eigenvalue weighted by Gasteiger charge is 2.54. The standard InChI is InChI=1S/C21H22N2O4/c1-11-19-16(21(24)27-11)9-13-8-14(23(25)26)6-7-15(13)20(19)18-10-12-4-2-3-5-17(12)22-18/h2-5,9,11,14-16,19-20H,6-8,10H2,1H3/t11-,14-,15-,16-,19-,20-/m1/s1. The van der Waals surface area contributed by atoms with Crippen LogP contribution in [0.5, 0.6) is 0 Å². The molecular formula is C21H22N2O4. The molecule has 1 aromatic rings. The number of rotatable bonds is 2. The van der Waals surface area contributed by atoms with Crippen molar-refractivity contribution in [2.75, 3.05) is 0 Å². The number of esters is 1. The normalized spacial score (nSPS) is 36.9. The molecule has 1 aromatic carbocycles. The molecule has 6 heteroatoms. The Morgan fingerprint density at radius 3 is 2.85 bits per heavy atom. The highest BCUT2D eigenvalue weighted by atomic mass is 16.6. The maximum absolute atomic E-state index is 12.4. The molecule has 2 aliphatic carbocycles. The van der Waals surface area contributed by atoms with Crippen LogP contribution in [0, 0.1) is 33.8 Å². The number of benzene rings is 1. The smallest absolute Gasteiger partial charge is 0.313 e. The molecule has 2 heterocycles. The first-order valence-corrected chi connectivity index (χ1v) is 9.73. The number of carbonyl (C=O) groups excluding carboxylic acids is 1. The van der Waals surface area contributed by atoms with Crippen molar-refractivity contribution in [1.82, 2.24) is 0 Å². The van der Waals surface area contributed by atoms with Gasteiger partial charge in [-0.25, -0.2) is 0 Å². The van der Waals surface area contributed by atoms with Crippen molar-refractivity contribution in [3.63, 3.8) is 0 Å². The number of aliphatic imine (C=N–C) groups is 1. The van der Waals surface area contributed by atoms with Gasteiger partial charge in [-0.15, -0.1) is 0 Å². The Labute approximate surface area is 157 Å². The van der Waals surface area contributed by atoms with Gasteiger partial charge in [-0.05, 0) is 30.9 Å². The van der Waals surface area contributed by atoms with Crippen molar-refractivity contribution in [3.8, 4) is 0 Å². The molecule has 2 fully saturated rings. The molecular weight excluding hydrogens is 344 g/mol. The molecule has 0 aromatic heterocycles. The molecule has 0 bridgehead atoms. The molecule has 1 saturated carbocycles. The van der Waals surface area contributed by atoms with Crippen molar-refractivity contribution < 1.29 is 14.5 Å². The van der Waals surface area contributed by atoms with E-state index >= 15 is 0 Å². The summed E-state index contributed by atoms with van der Waals surface area (Å²) in [6.45, 7) is 1.97. The maximum atomic E-state index is 12.4. The van der Waals surface area contributed by atoms with E-state index in [0.717, 1.165) is 29.8 Å². The Morgan fingerprint density at radius 2 is 2.07 bits per heavy atom. The van der Waals surface area contributed by atoms with Crippen LogP contribution in [0.15, 0.2) is 40.9 Å². The number of nitrogens with zero attached hydrogens (tertiary/aromatic N) is 2. The first-order valence-electron chi connectivity index (χ1n) is 9.73. The molecule has 0 unspecified atom stereocenters. The van der Waals surface area contributed by atoms with Gasteiger partial charge in [-0.1, -0.05) is 29.8 Å². The average Bonchev–Trinajstić information content (AvgIpc) is 3.20. The molecule has 0 N–H and O–H groups in total. The van der Waals surface area contributed by atoms with E-state index in [1.165, 1.54) is 5.56 Å². The van der Waals surface area contributed by atoms with Crippen molar-refractivity contribution >= 4 is 17.4 Å². The summed E-state index contributed by atoms with van der Waals surface area (Å²) in [6.07, 6.45) is 4.46. The minimum atomic E-state index is -0.540. The molecule has 6 atom stereocenters. The van der Waals surface area contributed by atoms with E-state index in [2.05, 4.69) is 6.07 Å². The summed E-state index contributed by atoms with van der Waals surface area (Å²) in [4.78, 5) is 28.5. The lowest BCUT2D eigenvalue weighted by Gasteiger charge is -2.42. The lowest BCUT2D eigenvalue weighted by atomic mass is 9.60. The van der Waals surface area contributed by atoms with Gasteiger partial charge < -0.3 is 4.74 Å². The van der Waals surface area contributed by atoms with Crippen LogP contribution in [0.4, 0.5) is 5.69 Å². The van der Waals surface area contributed by atoms with Gasteiger partial charge in [0.1, 0.15) is 6.10 Å². The van der Waals surface area contributed by atoms with E-state index in [-0.39, 0.29) is 40.7 Å². The number of para-hydroxylation sites is 1. The SMILES string of the molecule is C[C@H]1OC(=O)[C@@H]2C=C3C[C@H]([N+](=O)[O-])CC[C@H]3[C@H](C3=Nc4ccccc4C3)[C@H]12. The number of ether oxygens (including phenoxy) is 1. The maximum Gasteiger partial charge on any atom is 0.313 e. The molecule has 5 rings (SSSR count). The molecule has 6 nitrogen and oxygen atoms in total. The summed E-state index contributed by atoms with van der Waals surface area (Å²) in [7, 11) is 0. The summed E-state index contributed by atoms with van der Waals surface area (Å²) in [6, 6.07) is 7.62. The predicted octanol–water partition coefficient (Wildman–Crippen LogP) is 3.49. The first kappa shape index (κ1) is 16.7. The van der Waals surface area contributed by atoms with Gasteiger partial charge in [0.2, 0.25) is 6.04 Å². The van der Waals surface area contributed by atoms with E-state index in [1.807, 2.05) is 31.2 Å². The number of hydrogen-bond acceptors (Lipinski definition) is 5. The molecule has 27 heavy (non-hydrogen) atoms. The Balaban J connectivity index is 1.55. The van der Waals surface area contributed by atoms with Crippen LogP contribution in [-0.2, 0) is 16.0 Å². The zero-order valence-electron chi connectivity index (χ0n) is 15.2. The van der Waals surface area contributed by atoms with Crippen molar-refractivity contribution in [2.45, 2.75) is 44.8 Å². The number of cyclic esters (lactones) is 1. The van der Waals surface area contributed by atoms with Crippen LogP contribution >= 0.6 is 0 Å². The zero-order valence-corrected chi connectivity index (χ0v) is 15.2. The minimum Gasteiger partial charge on any atom is -0.462 e. The highest BCUT2D eigenvalue weighted by Crippen LogP contribution is 2.52. The van der Waals surface area contributed by atoms with E-state index < -0.39 is 6.04 Å². The Hall–Kier alpha value is -2.50. The van der Waals surface area contributed by atoms with Gasteiger partial charge in [-0.3, -0.25) is 19.9 Å². The Morgan fingerprint density at radius 1 is 1.26 bits per heavy atom. The fourth-order valence-corrected chi connectivity index (χ4v) is 5.65. The average molecular weight is 366 g/mol. The van der Waals surface area contributed by atoms with Gasteiger partial charge in [0, 0.05) is 41.7 Å². The molecule has 0 radical (unpaired) electrons. The Bertz CT molecular complexity index is 890. The molecule has 2 aliphatic heterocycles. The van der Waals surface area contributed by atoms with E-state index in [0.29, 0.717) is 12.8 Å². The number of carbonyl (C=O) groups is 1. The third-order valence-electron chi connectivity index (χ3n) is 6.84. The Kier molecular flexibility index (Phi) is 3.71. The second-order valence-corrected chi connectivity index (χ2v) is 8.25. The van der Waals surface area contributed by atoms with Crippen LogP contribution in [0.25, 0.3) is 0 Å². The topological polar surface area (TPSA) is 81.8 Å². The molecule has 1 saturated heterocycles. The lowest BCUT2D eigenvalue weighted by Crippen LogP contribution is -2.44. The summed E-state index contributed by atoms with van der Waals surface area (Å²) in [5, 5.41) is 11.3. The van der Waals surface area contributed by atoms with Crippen molar-refractivity contribution in [1.29, 1.82) is 0 Å². The third kappa shape index (κ3) is 2.53. The molecule has 0 spiro atoms. The lowest BCUT2D eigenvalue weighted by molar-refractivity contribution is -0.524. The van der Waals surface area contributed by atoms with E-state index in [1.54, 1.807) is 0 Å². The van der Waals surface area contributed by atoms with Gasteiger partial charge in [0.05, 0.1) is 11.6 Å². The van der Waals surface area contributed by atoms with Crippen LogP contribution in [0.1, 0.15) is 31.7 Å². The third-order valence-corrected chi connectivity index (χ3v) is 6.84. The van der Waals surface area contributed by atoms with Gasteiger partial charge in [-0.2, -0.15) is 0 Å². The van der Waals surface area contributed by atoms with Crippen LogP contribution in [-0.4, -0.2) is 28.8 Å². The first-order chi connectivity index (χ1) is 13.0. The van der Waals surface area contributed by atoms with Gasteiger partial charge in [0.15, 0.2) is 0 Å². The summed E-state index contributed by atoms with van der Waals surface area (Å²) < 4.78 is 5.58. The highest BCUT2D eigenvalue weighted by molar-refractivity contribution is 5.97. The second-order valence-electron chi connectivity index (χ2n) is 8.25. The van der Waals surface area contributed by atoms with Crippen LogP contribution < -0.4 is 0 Å². The molecule has 4 aliphatic rings. The van der Waals surface area contributed by atoms with Crippen LogP contribution in [0.3, 0.4) is 0 Å². The fourth-order valence-electron chi connectivity index (χ4n) is 5.65. The van der Waals surface area contributed by atoms with E-state index in [9.17, 15) is 14.9 Å². The molecule has 140 valence electrons. The quantitative estimate of drug-likeness (QED) is 0.347. The zero-order chi connectivity index (χ0) is 18.7. The summed E-state index contributed by atoms with van der Waals surface area (Å²) in [5.41, 5.74) is 4.42. The van der Waals surface area contributed by atoms with Crippen molar-refractivity contribution in [3.05, 3.63) is 51.6 Å². The largest absolute Gasteiger partial charge is 0.462 e. The minimum absolute atomic E-state index is 0.0754. The van der Waals surface area contributed by atoms with Gasteiger partial charge >= 0.3 is 5.97 Å². The van der Waals surface area contributed by atoms with E-state index in [4.69, 9.17) is 9.73 Å². The number of nitro groups is 1. The predicted molar refractivity (Wildman–Crippen MR) is 99.5 cm³/mol.